The molecule has 0 heterocycles. The van der Waals surface area contributed by atoms with Gasteiger partial charge < -0.3 is 15.5 Å². The van der Waals surface area contributed by atoms with Gasteiger partial charge in [0.1, 0.15) is 0 Å². The summed E-state index contributed by atoms with van der Waals surface area (Å²) < 4.78 is 67.1. The van der Waals surface area contributed by atoms with Gasteiger partial charge in [-0.05, 0) is 55.7 Å². The van der Waals surface area contributed by atoms with Crippen LogP contribution >= 0.6 is 11.6 Å². The van der Waals surface area contributed by atoms with E-state index in [2.05, 4.69) is 5.32 Å². The Morgan fingerprint density at radius 1 is 1.03 bits per heavy atom. The van der Waals surface area contributed by atoms with Crippen molar-refractivity contribution in [3.05, 3.63) is 58.4 Å². The number of fused-ring (bicyclic) bond motifs is 2. The number of rotatable bonds is 5. The Balaban J connectivity index is 1.63. The Kier molecular flexibility index (Phi) is 6.16. The normalized spacial score (nSPS) is 26.3. The number of aliphatic hydroxyl groups is 1. The molecule has 2 bridgehead atoms. The number of amides is 1. The fourth-order valence-corrected chi connectivity index (χ4v) is 7.89. The smallest absolute Gasteiger partial charge is 0.335 e. The lowest BCUT2D eigenvalue weighted by Gasteiger charge is -2.38. The summed E-state index contributed by atoms with van der Waals surface area (Å²) in [5.41, 5.74) is -2.55. The summed E-state index contributed by atoms with van der Waals surface area (Å²) in [6, 6.07) is 4.58. The van der Waals surface area contributed by atoms with Gasteiger partial charge >= 0.3 is 5.97 Å². The van der Waals surface area contributed by atoms with Crippen LogP contribution in [0.3, 0.4) is 0 Å². The number of carbonyl (C=O) groups is 2. The van der Waals surface area contributed by atoms with Crippen LogP contribution in [0.2, 0.25) is 5.02 Å². The van der Waals surface area contributed by atoms with Crippen LogP contribution in [0.25, 0.3) is 0 Å². The molecule has 2 aliphatic carbocycles. The minimum Gasteiger partial charge on any atom is -0.479 e. The maximum atomic E-state index is 13.5. The molecule has 2 aliphatic rings. The highest BCUT2D eigenvalue weighted by Gasteiger charge is 2.57. The molecule has 4 rings (SSSR count). The second-order valence-electron chi connectivity index (χ2n) is 8.71. The second-order valence-corrected chi connectivity index (χ2v) is 11.2. The van der Waals surface area contributed by atoms with Crippen molar-refractivity contribution < 1.29 is 41.4 Å². The molecule has 0 aromatic heterocycles. The van der Waals surface area contributed by atoms with Gasteiger partial charge in [0.2, 0.25) is 0 Å². The summed E-state index contributed by atoms with van der Waals surface area (Å²) in [6.45, 7) is 0. The quantitative estimate of drug-likeness (QED) is 0.519. The lowest BCUT2D eigenvalue weighted by atomic mass is 9.77. The number of carbonyl (C=O) groups excluding carboxylic acids is 1. The van der Waals surface area contributed by atoms with Crippen LogP contribution < -0.4 is 5.32 Å². The summed E-state index contributed by atoms with van der Waals surface area (Å²) in [7, 11) is -4.14. The number of halogens is 4. The van der Waals surface area contributed by atoms with Crippen molar-refractivity contribution >= 4 is 39.0 Å². The molecule has 4 atom stereocenters. The minimum absolute atomic E-state index is 0.158. The Morgan fingerprint density at radius 2 is 1.59 bits per heavy atom. The van der Waals surface area contributed by atoms with Crippen molar-refractivity contribution in [1.29, 1.82) is 0 Å². The largest absolute Gasteiger partial charge is 0.479 e. The number of aliphatic carboxylic acids is 1. The molecule has 3 N–H and O–H groups in total. The van der Waals surface area contributed by atoms with Gasteiger partial charge in [0.25, 0.3) is 5.91 Å². The monoisotopic (exact) mass is 517 g/mol. The first-order chi connectivity index (χ1) is 15.8. The van der Waals surface area contributed by atoms with E-state index in [-0.39, 0.29) is 34.0 Å². The van der Waals surface area contributed by atoms with Gasteiger partial charge in [-0.25, -0.2) is 26.4 Å². The fraction of sp³-hybridized carbons (Fsp3) is 0.364. The lowest BCUT2D eigenvalue weighted by molar-refractivity contribution is -0.164. The third kappa shape index (κ3) is 4.16. The predicted octanol–water partition coefficient (Wildman–Crippen LogP) is 3.79. The van der Waals surface area contributed by atoms with Crippen molar-refractivity contribution in [2.45, 2.75) is 41.4 Å². The van der Waals surface area contributed by atoms with Gasteiger partial charge in [0.15, 0.2) is 32.9 Å². The van der Waals surface area contributed by atoms with E-state index in [9.17, 15) is 41.4 Å². The first-order valence-corrected chi connectivity index (χ1v) is 12.2. The Morgan fingerprint density at radius 3 is 2.12 bits per heavy atom. The van der Waals surface area contributed by atoms with Crippen molar-refractivity contribution in [3.63, 3.8) is 0 Å². The highest BCUT2D eigenvalue weighted by Crippen LogP contribution is 2.51. The SMILES string of the molecule is O=C(Nc1cc(F)c(F)c(F)c1)c1ccc(Cl)c(S(=O)(=O)C2C3CC[C@H]2C[C@](O)(C(=O)O)C3)c1. The van der Waals surface area contributed by atoms with Crippen molar-refractivity contribution in [2.24, 2.45) is 11.8 Å². The molecule has 34 heavy (non-hydrogen) atoms. The Bertz CT molecular complexity index is 1260. The van der Waals surface area contributed by atoms with E-state index in [1.165, 1.54) is 12.1 Å². The van der Waals surface area contributed by atoms with Crippen LogP contribution in [0.5, 0.6) is 0 Å². The fourth-order valence-electron chi connectivity index (χ4n) is 5.05. The number of hydrogen-bond acceptors (Lipinski definition) is 5. The van der Waals surface area contributed by atoms with E-state index in [4.69, 9.17) is 11.6 Å². The lowest BCUT2D eigenvalue weighted by Crippen LogP contribution is -2.50. The summed E-state index contributed by atoms with van der Waals surface area (Å²) >= 11 is 6.15. The van der Waals surface area contributed by atoms with Crippen LogP contribution in [0, 0.1) is 29.3 Å². The minimum atomic E-state index is -4.14. The van der Waals surface area contributed by atoms with Crippen molar-refractivity contribution in [3.8, 4) is 0 Å². The van der Waals surface area contributed by atoms with Gasteiger partial charge in [-0.2, -0.15) is 0 Å². The Hall–Kier alpha value is -2.63. The molecule has 2 unspecified atom stereocenters. The van der Waals surface area contributed by atoms with Gasteiger partial charge in [-0.15, -0.1) is 0 Å². The van der Waals surface area contributed by atoms with Gasteiger partial charge in [0, 0.05) is 23.4 Å². The summed E-state index contributed by atoms with van der Waals surface area (Å²) in [5.74, 6) is -8.24. The second kappa shape index (κ2) is 8.54. The molecular formula is C22H19ClF3NO6S. The molecule has 182 valence electrons. The maximum absolute atomic E-state index is 13.5. The molecule has 0 radical (unpaired) electrons. The zero-order chi connectivity index (χ0) is 25.0. The molecule has 2 aromatic carbocycles. The molecule has 0 aliphatic heterocycles. The molecule has 7 nitrogen and oxygen atoms in total. The summed E-state index contributed by atoms with van der Waals surface area (Å²) in [6.07, 6.45) is 0.401. The molecule has 2 saturated carbocycles. The third-order valence-corrected chi connectivity index (χ3v) is 9.41. The molecular weight excluding hydrogens is 499 g/mol. The van der Waals surface area contributed by atoms with Crippen LogP contribution in [0.4, 0.5) is 18.9 Å². The van der Waals surface area contributed by atoms with Gasteiger partial charge in [-0.1, -0.05) is 11.6 Å². The topological polar surface area (TPSA) is 121 Å². The number of sulfone groups is 1. The molecule has 2 aromatic rings. The maximum Gasteiger partial charge on any atom is 0.335 e. The van der Waals surface area contributed by atoms with Crippen molar-refractivity contribution in [2.75, 3.05) is 5.32 Å². The number of benzene rings is 2. The summed E-state index contributed by atoms with van der Waals surface area (Å²) in [4.78, 5) is 23.7. The van der Waals surface area contributed by atoms with Crippen LogP contribution in [-0.4, -0.2) is 41.4 Å². The number of nitrogens with one attached hydrogen (secondary N) is 1. The molecule has 2 fully saturated rings. The third-order valence-electron chi connectivity index (χ3n) is 6.54. The average Bonchev–Trinajstić information content (AvgIpc) is 3.05. The number of anilines is 1. The van der Waals surface area contributed by atoms with E-state index in [0.717, 1.165) is 6.07 Å². The van der Waals surface area contributed by atoms with Crippen LogP contribution in [-0.2, 0) is 14.6 Å². The molecule has 1 amide bonds. The standard InChI is InChI=1S/C22H19ClF3NO6S/c23-14-4-3-10(20(28)27-13-6-15(24)18(26)16(25)7-13)5-17(14)34(32,33)19-11-1-2-12(19)9-22(31,8-11)21(29)30/h3-7,11-12,19,31H,1-2,8-9H2,(H,27,28)(H,29,30)/t11-,12?,19?,22+/m0/s1. The Labute approximate surface area is 197 Å². The highest BCUT2D eigenvalue weighted by molar-refractivity contribution is 7.92. The van der Waals surface area contributed by atoms with Crippen LogP contribution in [0.15, 0.2) is 35.2 Å². The predicted molar refractivity (Wildman–Crippen MR) is 115 cm³/mol. The molecule has 12 heteroatoms. The van der Waals surface area contributed by atoms with E-state index >= 15 is 0 Å². The highest BCUT2D eigenvalue weighted by atomic mass is 35.5. The average molecular weight is 518 g/mol. The zero-order valence-corrected chi connectivity index (χ0v) is 19.0. The summed E-state index contributed by atoms with van der Waals surface area (Å²) in [5, 5.41) is 20.8. The van der Waals surface area contributed by atoms with Crippen LogP contribution in [0.1, 0.15) is 36.0 Å². The molecule has 0 spiro atoms. The first-order valence-electron chi connectivity index (χ1n) is 10.3. The van der Waals surface area contributed by atoms with Crippen molar-refractivity contribution in [1.82, 2.24) is 0 Å². The van der Waals surface area contributed by atoms with E-state index < -0.39 is 61.9 Å². The zero-order valence-electron chi connectivity index (χ0n) is 17.4. The number of hydrogen-bond donors (Lipinski definition) is 3. The molecule has 0 saturated heterocycles. The first kappa shape index (κ1) is 24.5. The van der Waals surface area contributed by atoms with Gasteiger partial charge in [0.05, 0.1) is 15.2 Å². The van der Waals surface area contributed by atoms with E-state index in [1.54, 1.807) is 0 Å². The van der Waals surface area contributed by atoms with E-state index in [1.807, 2.05) is 0 Å². The number of carboxylic acid groups (broad SMARTS) is 1. The van der Waals surface area contributed by atoms with Gasteiger partial charge in [-0.3, -0.25) is 4.79 Å². The van der Waals surface area contributed by atoms with E-state index in [0.29, 0.717) is 25.0 Å². The number of carboxylic acids is 1.